The zero-order chi connectivity index (χ0) is 16.6. The van der Waals surface area contributed by atoms with Gasteiger partial charge in [0.15, 0.2) is 0 Å². The van der Waals surface area contributed by atoms with Crippen molar-refractivity contribution in [2.24, 2.45) is 0 Å². The van der Waals surface area contributed by atoms with Crippen LogP contribution in [0.15, 0.2) is 29.2 Å². The predicted octanol–water partition coefficient (Wildman–Crippen LogP) is 1.67. The Labute approximate surface area is 132 Å². The van der Waals surface area contributed by atoms with Gasteiger partial charge in [-0.15, -0.1) is 0 Å². The second-order valence-corrected chi connectivity index (χ2v) is 6.70. The van der Waals surface area contributed by atoms with Crippen LogP contribution in [0.3, 0.4) is 0 Å². The predicted molar refractivity (Wildman–Crippen MR) is 85.3 cm³/mol. The average Bonchev–Trinajstić information content (AvgIpc) is 2.47. The third kappa shape index (κ3) is 6.03. The van der Waals surface area contributed by atoms with Crippen LogP contribution in [-0.2, 0) is 14.8 Å². The van der Waals surface area contributed by atoms with Crippen molar-refractivity contribution < 1.29 is 17.9 Å². The second-order valence-electron chi connectivity index (χ2n) is 4.93. The van der Waals surface area contributed by atoms with Crippen molar-refractivity contribution >= 4 is 15.9 Å². The first-order valence-corrected chi connectivity index (χ1v) is 8.89. The summed E-state index contributed by atoms with van der Waals surface area (Å²) < 4.78 is 31.8. The van der Waals surface area contributed by atoms with Crippen molar-refractivity contribution in [1.29, 1.82) is 0 Å². The molecule has 1 unspecified atom stereocenters. The van der Waals surface area contributed by atoms with Crippen molar-refractivity contribution in [3.8, 4) is 5.75 Å². The smallest absolute Gasteiger partial charge is 0.240 e. The number of sulfonamides is 1. The van der Waals surface area contributed by atoms with Crippen LogP contribution in [0.4, 0.5) is 0 Å². The fraction of sp³-hybridized carbons (Fsp3) is 0.533. The summed E-state index contributed by atoms with van der Waals surface area (Å²) in [5.74, 6) is 0.457. The monoisotopic (exact) mass is 328 g/mol. The standard InChI is InChI=1S/C15H24N2O4S/c1-4-12(3)17-15(18)10-11-16-22(19,20)14-8-6-13(7-9-14)21-5-2/h6-9,12,16H,4-5,10-11H2,1-3H3,(H,17,18). The van der Waals surface area contributed by atoms with Crippen molar-refractivity contribution in [2.75, 3.05) is 13.2 Å². The molecule has 0 heterocycles. The Hall–Kier alpha value is -1.60. The van der Waals surface area contributed by atoms with E-state index in [0.717, 1.165) is 6.42 Å². The third-order valence-electron chi connectivity index (χ3n) is 3.11. The zero-order valence-corrected chi connectivity index (χ0v) is 14.1. The van der Waals surface area contributed by atoms with Gasteiger partial charge in [0.1, 0.15) is 5.75 Å². The highest BCUT2D eigenvalue weighted by Gasteiger charge is 2.14. The number of hydrogen-bond acceptors (Lipinski definition) is 4. The van der Waals surface area contributed by atoms with Crippen LogP contribution >= 0.6 is 0 Å². The molecule has 22 heavy (non-hydrogen) atoms. The second kappa shape index (κ2) is 8.75. The van der Waals surface area contributed by atoms with Crippen molar-refractivity contribution in [3.05, 3.63) is 24.3 Å². The SMILES string of the molecule is CCOc1ccc(S(=O)(=O)NCCC(=O)NC(C)CC)cc1. The van der Waals surface area contributed by atoms with Crippen LogP contribution in [0, 0.1) is 0 Å². The van der Waals surface area contributed by atoms with Gasteiger partial charge in [-0.25, -0.2) is 13.1 Å². The van der Waals surface area contributed by atoms with Gasteiger partial charge in [0.25, 0.3) is 0 Å². The molecular weight excluding hydrogens is 304 g/mol. The van der Waals surface area contributed by atoms with E-state index in [2.05, 4.69) is 10.0 Å². The Balaban J connectivity index is 2.51. The minimum Gasteiger partial charge on any atom is -0.494 e. The van der Waals surface area contributed by atoms with Crippen LogP contribution < -0.4 is 14.8 Å². The van der Waals surface area contributed by atoms with Crippen LogP contribution in [0.2, 0.25) is 0 Å². The molecule has 0 radical (unpaired) electrons. The number of nitrogens with one attached hydrogen (secondary N) is 2. The summed E-state index contributed by atoms with van der Waals surface area (Å²) in [6.07, 6.45) is 0.949. The van der Waals surface area contributed by atoms with Gasteiger partial charge in [-0.05, 0) is 44.5 Å². The lowest BCUT2D eigenvalue weighted by Crippen LogP contribution is -2.35. The molecule has 0 saturated carbocycles. The Morgan fingerprint density at radius 3 is 2.41 bits per heavy atom. The molecule has 0 bridgehead atoms. The van der Waals surface area contributed by atoms with Gasteiger partial charge in [-0.2, -0.15) is 0 Å². The molecule has 1 aromatic carbocycles. The Bertz CT molecular complexity index is 570. The number of benzene rings is 1. The summed E-state index contributed by atoms with van der Waals surface area (Å²) in [6, 6.07) is 6.26. The number of carbonyl (C=O) groups is 1. The molecule has 1 rings (SSSR count). The minimum atomic E-state index is -3.61. The molecule has 0 saturated heterocycles. The Morgan fingerprint density at radius 2 is 1.86 bits per heavy atom. The van der Waals surface area contributed by atoms with Crippen LogP contribution in [0.1, 0.15) is 33.6 Å². The van der Waals surface area contributed by atoms with Crippen LogP contribution in [0.25, 0.3) is 0 Å². The molecular formula is C15H24N2O4S. The molecule has 0 spiro atoms. The lowest BCUT2D eigenvalue weighted by molar-refractivity contribution is -0.121. The van der Waals surface area contributed by atoms with E-state index in [1.807, 2.05) is 20.8 Å². The molecule has 6 nitrogen and oxygen atoms in total. The molecule has 0 fully saturated rings. The number of ether oxygens (including phenoxy) is 1. The van der Waals surface area contributed by atoms with Gasteiger partial charge >= 0.3 is 0 Å². The Kier molecular flexibility index (Phi) is 7.34. The maximum Gasteiger partial charge on any atom is 0.240 e. The Morgan fingerprint density at radius 1 is 1.23 bits per heavy atom. The summed E-state index contributed by atoms with van der Waals surface area (Å²) in [5.41, 5.74) is 0. The van der Waals surface area contributed by atoms with E-state index < -0.39 is 10.0 Å². The number of hydrogen-bond donors (Lipinski definition) is 2. The molecule has 1 atom stereocenters. The number of carbonyl (C=O) groups excluding carboxylic acids is 1. The zero-order valence-electron chi connectivity index (χ0n) is 13.3. The van der Waals surface area contributed by atoms with E-state index in [9.17, 15) is 13.2 Å². The summed E-state index contributed by atoms with van der Waals surface area (Å²) in [5, 5.41) is 2.79. The summed E-state index contributed by atoms with van der Waals surface area (Å²) in [6.45, 7) is 6.33. The molecule has 7 heteroatoms. The summed E-state index contributed by atoms with van der Waals surface area (Å²) in [4.78, 5) is 11.7. The average molecular weight is 328 g/mol. The molecule has 2 N–H and O–H groups in total. The summed E-state index contributed by atoms with van der Waals surface area (Å²) in [7, 11) is -3.61. The molecule has 0 aliphatic carbocycles. The third-order valence-corrected chi connectivity index (χ3v) is 4.59. The van der Waals surface area contributed by atoms with E-state index in [0.29, 0.717) is 12.4 Å². The van der Waals surface area contributed by atoms with Gasteiger partial charge in [-0.3, -0.25) is 4.79 Å². The first-order valence-electron chi connectivity index (χ1n) is 7.41. The number of rotatable bonds is 9. The first-order chi connectivity index (χ1) is 10.4. The van der Waals surface area contributed by atoms with E-state index in [-0.39, 0.29) is 29.8 Å². The van der Waals surface area contributed by atoms with Crippen molar-refractivity contribution in [3.63, 3.8) is 0 Å². The van der Waals surface area contributed by atoms with Crippen molar-refractivity contribution in [1.82, 2.24) is 10.0 Å². The highest BCUT2D eigenvalue weighted by atomic mass is 32.2. The molecule has 0 aliphatic rings. The maximum atomic E-state index is 12.1. The van der Waals surface area contributed by atoms with E-state index in [1.54, 1.807) is 12.1 Å². The van der Waals surface area contributed by atoms with Crippen LogP contribution in [-0.4, -0.2) is 33.5 Å². The highest BCUT2D eigenvalue weighted by Crippen LogP contribution is 2.15. The lowest BCUT2D eigenvalue weighted by atomic mass is 10.2. The van der Waals surface area contributed by atoms with Gasteiger partial charge in [0.2, 0.25) is 15.9 Å². The van der Waals surface area contributed by atoms with Gasteiger partial charge in [-0.1, -0.05) is 6.92 Å². The normalized spacial score (nSPS) is 12.7. The highest BCUT2D eigenvalue weighted by molar-refractivity contribution is 7.89. The molecule has 124 valence electrons. The van der Waals surface area contributed by atoms with Crippen molar-refractivity contribution in [2.45, 2.75) is 44.6 Å². The number of amides is 1. The minimum absolute atomic E-state index is 0.0673. The van der Waals surface area contributed by atoms with Gasteiger partial charge < -0.3 is 10.1 Å². The van der Waals surface area contributed by atoms with E-state index in [1.165, 1.54) is 12.1 Å². The quantitative estimate of drug-likeness (QED) is 0.722. The van der Waals surface area contributed by atoms with E-state index >= 15 is 0 Å². The molecule has 0 aliphatic heterocycles. The topological polar surface area (TPSA) is 84.5 Å². The van der Waals surface area contributed by atoms with Gasteiger partial charge in [0, 0.05) is 19.0 Å². The molecule has 1 amide bonds. The maximum absolute atomic E-state index is 12.1. The van der Waals surface area contributed by atoms with Crippen LogP contribution in [0.5, 0.6) is 5.75 Å². The molecule has 0 aromatic heterocycles. The molecule has 1 aromatic rings. The van der Waals surface area contributed by atoms with E-state index in [4.69, 9.17) is 4.74 Å². The van der Waals surface area contributed by atoms with Gasteiger partial charge in [0.05, 0.1) is 11.5 Å². The fourth-order valence-electron chi connectivity index (χ4n) is 1.71. The first kappa shape index (κ1) is 18.4. The fourth-order valence-corrected chi connectivity index (χ4v) is 2.74. The largest absolute Gasteiger partial charge is 0.494 e. The summed E-state index contributed by atoms with van der Waals surface area (Å²) >= 11 is 0. The lowest BCUT2D eigenvalue weighted by Gasteiger charge is -2.12.